The Kier molecular flexibility index (Phi) is 4.93. The summed E-state index contributed by atoms with van der Waals surface area (Å²) >= 11 is 0. The number of methoxy groups -OCH3 is 1. The zero-order valence-corrected chi connectivity index (χ0v) is 11.4. The van der Waals surface area contributed by atoms with Crippen molar-refractivity contribution in [2.75, 3.05) is 26.8 Å². The number of likely N-dealkylation sites (tertiary alicyclic amines) is 1. The second kappa shape index (κ2) is 6.68. The molecule has 2 N–H and O–H groups in total. The molecule has 0 radical (unpaired) electrons. The van der Waals surface area contributed by atoms with Gasteiger partial charge in [-0.2, -0.15) is 0 Å². The molecule has 1 unspecified atom stereocenters. The van der Waals surface area contributed by atoms with Crippen LogP contribution in [0.15, 0.2) is 30.3 Å². The summed E-state index contributed by atoms with van der Waals surface area (Å²) in [6.07, 6.45) is 2.02. The largest absolute Gasteiger partial charge is 0.383 e. The van der Waals surface area contributed by atoms with E-state index in [9.17, 15) is 4.79 Å². The van der Waals surface area contributed by atoms with Gasteiger partial charge < -0.3 is 15.4 Å². The highest BCUT2D eigenvalue weighted by molar-refractivity contribution is 5.81. The van der Waals surface area contributed by atoms with E-state index in [4.69, 9.17) is 10.5 Å². The third-order valence-corrected chi connectivity index (χ3v) is 3.74. The van der Waals surface area contributed by atoms with Gasteiger partial charge in [0.05, 0.1) is 6.61 Å². The molecule has 1 aliphatic heterocycles. The van der Waals surface area contributed by atoms with Crippen LogP contribution in [0.1, 0.15) is 24.3 Å². The molecule has 1 aromatic carbocycles. The SMILES string of the molecule is COCC(N)C(=O)N1CCC(c2ccccc2)CC1. The molecule has 1 amide bonds. The molecule has 2 rings (SSSR count). The van der Waals surface area contributed by atoms with Crippen LogP contribution in [0.2, 0.25) is 0 Å². The van der Waals surface area contributed by atoms with E-state index < -0.39 is 6.04 Å². The summed E-state index contributed by atoms with van der Waals surface area (Å²) < 4.78 is 4.93. The number of ether oxygens (including phenoxy) is 1. The number of carbonyl (C=O) groups excluding carboxylic acids is 1. The summed E-state index contributed by atoms with van der Waals surface area (Å²) in [4.78, 5) is 13.9. The minimum absolute atomic E-state index is 0.00774. The monoisotopic (exact) mass is 262 g/mol. The topological polar surface area (TPSA) is 55.6 Å². The van der Waals surface area contributed by atoms with Gasteiger partial charge in [0, 0.05) is 20.2 Å². The number of nitrogens with two attached hydrogens (primary N) is 1. The lowest BCUT2D eigenvalue weighted by Crippen LogP contribution is -2.48. The predicted molar refractivity (Wildman–Crippen MR) is 74.8 cm³/mol. The van der Waals surface area contributed by atoms with Crippen molar-refractivity contribution in [2.45, 2.75) is 24.8 Å². The Morgan fingerprint density at radius 2 is 2.00 bits per heavy atom. The minimum atomic E-state index is -0.529. The number of nitrogens with zero attached hydrogens (tertiary/aromatic N) is 1. The van der Waals surface area contributed by atoms with Crippen LogP contribution in [-0.4, -0.2) is 43.7 Å². The van der Waals surface area contributed by atoms with E-state index in [-0.39, 0.29) is 12.5 Å². The molecule has 1 aliphatic rings. The first-order valence-corrected chi connectivity index (χ1v) is 6.80. The average molecular weight is 262 g/mol. The van der Waals surface area contributed by atoms with Gasteiger partial charge in [0.15, 0.2) is 0 Å². The standard InChI is InChI=1S/C15H22N2O2/c1-19-11-14(16)15(18)17-9-7-13(8-10-17)12-5-3-2-4-6-12/h2-6,13-14H,7-11,16H2,1H3. The molecule has 19 heavy (non-hydrogen) atoms. The third kappa shape index (κ3) is 3.55. The average Bonchev–Trinajstić information content (AvgIpc) is 2.48. The fourth-order valence-electron chi connectivity index (χ4n) is 2.64. The van der Waals surface area contributed by atoms with Crippen molar-refractivity contribution < 1.29 is 9.53 Å². The zero-order chi connectivity index (χ0) is 13.7. The lowest BCUT2D eigenvalue weighted by molar-refractivity contribution is -0.134. The van der Waals surface area contributed by atoms with E-state index in [1.165, 1.54) is 5.56 Å². The van der Waals surface area contributed by atoms with Crippen molar-refractivity contribution in [2.24, 2.45) is 5.73 Å². The predicted octanol–water partition coefficient (Wildman–Crippen LogP) is 1.37. The maximum Gasteiger partial charge on any atom is 0.241 e. The lowest BCUT2D eigenvalue weighted by atomic mass is 9.89. The lowest BCUT2D eigenvalue weighted by Gasteiger charge is -2.33. The van der Waals surface area contributed by atoms with E-state index >= 15 is 0 Å². The van der Waals surface area contributed by atoms with Gasteiger partial charge in [0.1, 0.15) is 6.04 Å². The van der Waals surface area contributed by atoms with Crippen molar-refractivity contribution >= 4 is 5.91 Å². The minimum Gasteiger partial charge on any atom is -0.383 e. The molecule has 0 bridgehead atoms. The summed E-state index contributed by atoms with van der Waals surface area (Å²) in [6, 6.07) is 9.98. The van der Waals surface area contributed by atoms with Crippen LogP contribution in [0.5, 0.6) is 0 Å². The van der Waals surface area contributed by atoms with Crippen molar-refractivity contribution in [1.29, 1.82) is 0 Å². The third-order valence-electron chi connectivity index (χ3n) is 3.74. The highest BCUT2D eigenvalue weighted by Gasteiger charge is 2.26. The molecule has 1 heterocycles. The molecule has 0 saturated carbocycles. The molecule has 4 nitrogen and oxygen atoms in total. The molecule has 1 fully saturated rings. The summed E-state index contributed by atoms with van der Waals surface area (Å²) in [5, 5.41) is 0. The summed E-state index contributed by atoms with van der Waals surface area (Å²) in [5.74, 6) is 0.567. The van der Waals surface area contributed by atoms with E-state index in [2.05, 4.69) is 24.3 Å². The van der Waals surface area contributed by atoms with E-state index in [0.717, 1.165) is 25.9 Å². The first-order valence-electron chi connectivity index (χ1n) is 6.80. The quantitative estimate of drug-likeness (QED) is 0.891. The second-order valence-electron chi connectivity index (χ2n) is 5.07. The molecule has 0 aliphatic carbocycles. The Bertz CT molecular complexity index is 400. The van der Waals surface area contributed by atoms with Crippen LogP contribution in [0.25, 0.3) is 0 Å². The van der Waals surface area contributed by atoms with Gasteiger partial charge in [-0.05, 0) is 24.3 Å². The van der Waals surface area contributed by atoms with Crippen LogP contribution in [-0.2, 0) is 9.53 Å². The van der Waals surface area contributed by atoms with Crippen LogP contribution in [0.4, 0.5) is 0 Å². The van der Waals surface area contributed by atoms with Crippen LogP contribution < -0.4 is 5.73 Å². The smallest absolute Gasteiger partial charge is 0.241 e. The molecule has 1 aromatic rings. The molecule has 1 atom stereocenters. The Hall–Kier alpha value is -1.39. The Morgan fingerprint density at radius 3 is 2.58 bits per heavy atom. The van der Waals surface area contributed by atoms with Gasteiger partial charge in [0.2, 0.25) is 5.91 Å². The highest BCUT2D eigenvalue weighted by atomic mass is 16.5. The summed E-state index contributed by atoms with van der Waals surface area (Å²) in [7, 11) is 1.56. The number of amides is 1. The first-order chi connectivity index (χ1) is 9.22. The number of benzene rings is 1. The number of rotatable bonds is 4. The Labute approximate surface area is 114 Å². The van der Waals surface area contributed by atoms with Crippen molar-refractivity contribution in [3.05, 3.63) is 35.9 Å². The summed E-state index contributed by atoms with van der Waals surface area (Å²) in [6.45, 7) is 1.86. The number of hydrogen-bond acceptors (Lipinski definition) is 3. The van der Waals surface area contributed by atoms with Crippen LogP contribution in [0.3, 0.4) is 0 Å². The maximum absolute atomic E-state index is 12.1. The molecular weight excluding hydrogens is 240 g/mol. The Morgan fingerprint density at radius 1 is 1.37 bits per heavy atom. The molecule has 0 spiro atoms. The van der Waals surface area contributed by atoms with Gasteiger partial charge in [-0.15, -0.1) is 0 Å². The van der Waals surface area contributed by atoms with Gasteiger partial charge in [-0.25, -0.2) is 0 Å². The number of piperidine rings is 1. The number of carbonyl (C=O) groups is 1. The highest BCUT2D eigenvalue weighted by Crippen LogP contribution is 2.27. The van der Waals surface area contributed by atoms with Gasteiger partial charge >= 0.3 is 0 Å². The second-order valence-corrected chi connectivity index (χ2v) is 5.07. The summed E-state index contributed by atoms with van der Waals surface area (Å²) in [5.41, 5.74) is 7.16. The fraction of sp³-hybridized carbons (Fsp3) is 0.533. The molecule has 1 saturated heterocycles. The van der Waals surface area contributed by atoms with E-state index in [1.807, 2.05) is 11.0 Å². The van der Waals surface area contributed by atoms with Crippen molar-refractivity contribution in [3.8, 4) is 0 Å². The van der Waals surface area contributed by atoms with Gasteiger partial charge in [0.25, 0.3) is 0 Å². The zero-order valence-electron chi connectivity index (χ0n) is 11.4. The molecule has 0 aromatic heterocycles. The Balaban J connectivity index is 1.87. The first kappa shape index (κ1) is 14.0. The van der Waals surface area contributed by atoms with Crippen molar-refractivity contribution in [3.63, 3.8) is 0 Å². The molecular formula is C15H22N2O2. The van der Waals surface area contributed by atoms with E-state index in [0.29, 0.717) is 5.92 Å². The molecule has 104 valence electrons. The fourth-order valence-corrected chi connectivity index (χ4v) is 2.64. The van der Waals surface area contributed by atoms with Crippen LogP contribution >= 0.6 is 0 Å². The van der Waals surface area contributed by atoms with E-state index in [1.54, 1.807) is 7.11 Å². The van der Waals surface area contributed by atoms with Crippen LogP contribution in [0, 0.1) is 0 Å². The molecule has 4 heteroatoms. The van der Waals surface area contributed by atoms with Gasteiger partial charge in [-0.1, -0.05) is 30.3 Å². The van der Waals surface area contributed by atoms with Gasteiger partial charge in [-0.3, -0.25) is 4.79 Å². The van der Waals surface area contributed by atoms with Crippen molar-refractivity contribution in [1.82, 2.24) is 4.90 Å². The normalized spacial score (nSPS) is 18.3. The maximum atomic E-state index is 12.1. The number of hydrogen-bond donors (Lipinski definition) is 1.